The van der Waals surface area contributed by atoms with Crippen LogP contribution in [0.5, 0.6) is 5.75 Å². The first-order chi connectivity index (χ1) is 8.74. The first-order valence-corrected chi connectivity index (χ1v) is 7.09. The number of ether oxygens (including phenoxy) is 2. The van der Waals surface area contributed by atoms with Gasteiger partial charge in [0.25, 0.3) is 0 Å². The predicted molar refractivity (Wildman–Crippen MR) is 72.8 cm³/mol. The van der Waals surface area contributed by atoms with Crippen molar-refractivity contribution in [3.8, 4) is 11.8 Å². The van der Waals surface area contributed by atoms with E-state index in [0.29, 0.717) is 16.9 Å². The molecular formula is C14H17NO2S. The van der Waals surface area contributed by atoms with Crippen LogP contribution in [0, 0.1) is 11.3 Å². The summed E-state index contributed by atoms with van der Waals surface area (Å²) in [5.74, 6) is 1.71. The van der Waals surface area contributed by atoms with E-state index in [1.165, 1.54) is 0 Å². The van der Waals surface area contributed by atoms with E-state index in [9.17, 15) is 0 Å². The van der Waals surface area contributed by atoms with Crippen LogP contribution in [-0.2, 0) is 10.5 Å². The second kappa shape index (κ2) is 6.12. The van der Waals surface area contributed by atoms with Gasteiger partial charge in [-0.2, -0.15) is 17.0 Å². The summed E-state index contributed by atoms with van der Waals surface area (Å²) in [7, 11) is 1.66. The molecule has 0 bridgehead atoms. The Kier molecular flexibility index (Phi) is 4.51. The molecule has 1 aromatic carbocycles. The van der Waals surface area contributed by atoms with Crippen LogP contribution < -0.4 is 4.74 Å². The number of thioether (sulfide) groups is 1. The molecule has 1 aliphatic rings. The summed E-state index contributed by atoms with van der Waals surface area (Å²) in [5, 5.41) is 9.47. The molecule has 2 unspecified atom stereocenters. The molecule has 1 heterocycles. The van der Waals surface area contributed by atoms with E-state index in [0.717, 1.165) is 30.1 Å². The lowest BCUT2D eigenvalue weighted by Gasteiger charge is -2.15. The SMILES string of the molecule is COc1ccc(C#N)cc1CSC1CCOC1C. The lowest BCUT2D eigenvalue weighted by molar-refractivity contribution is 0.127. The molecule has 0 amide bonds. The summed E-state index contributed by atoms with van der Waals surface area (Å²) < 4.78 is 10.9. The number of nitrogens with zero attached hydrogens (tertiary/aromatic N) is 1. The molecule has 1 aromatic rings. The number of rotatable bonds is 4. The highest BCUT2D eigenvalue weighted by Gasteiger charge is 2.24. The molecule has 0 aliphatic carbocycles. The third kappa shape index (κ3) is 2.98. The van der Waals surface area contributed by atoms with Gasteiger partial charge in [0, 0.05) is 23.2 Å². The zero-order valence-corrected chi connectivity index (χ0v) is 11.5. The van der Waals surface area contributed by atoms with Gasteiger partial charge < -0.3 is 9.47 Å². The van der Waals surface area contributed by atoms with Gasteiger partial charge in [-0.15, -0.1) is 0 Å². The molecule has 1 saturated heterocycles. The third-order valence-electron chi connectivity index (χ3n) is 3.17. The molecule has 96 valence electrons. The molecule has 4 heteroatoms. The maximum atomic E-state index is 8.93. The van der Waals surface area contributed by atoms with Gasteiger partial charge in [0.1, 0.15) is 5.75 Å². The molecule has 2 atom stereocenters. The van der Waals surface area contributed by atoms with Crippen LogP contribution in [-0.4, -0.2) is 25.1 Å². The van der Waals surface area contributed by atoms with E-state index in [4.69, 9.17) is 14.7 Å². The molecule has 3 nitrogen and oxygen atoms in total. The average molecular weight is 263 g/mol. The van der Waals surface area contributed by atoms with Gasteiger partial charge in [0.15, 0.2) is 0 Å². The minimum Gasteiger partial charge on any atom is -0.496 e. The second-order valence-electron chi connectivity index (χ2n) is 4.35. The topological polar surface area (TPSA) is 42.2 Å². The maximum absolute atomic E-state index is 8.93. The third-order valence-corrected chi connectivity index (χ3v) is 4.69. The van der Waals surface area contributed by atoms with Gasteiger partial charge in [0.2, 0.25) is 0 Å². The predicted octanol–water partition coefficient (Wildman–Crippen LogP) is 2.98. The van der Waals surface area contributed by atoms with Crippen molar-refractivity contribution in [2.75, 3.05) is 13.7 Å². The fourth-order valence-corrected chi connectivity index (χ4v) is 3.32. The van der Waals surface area contributed by atoms with E-state index < -0.39 is 0 Å². The zero-order valence-electron chi connectivity index (χ0n) is 10.7. The van der Waals surface area contributed by atoms with E-state index in [-0.39, 0.29) is 0 Å². The van der Waals surface area contributed by atoms with Crippen LogP contribution in [0.15, 0.2) is 18.2 Å². The van der Waals surface area contributed by atoms with Crippen LogP contribution in [0.4, 0.5) is 0 Å². The Balaban J connectivity index is 2.05. The number of hydrogen-bond acceptors (Lipinski definition) is 4. The van der Waals surface area contributed by atoms with Gasteiger partial charge in [-0.25, -0.2) is 0 Å². The summed E-state index contributed by atoms with van der Waals surface area (Å²) in [4.78, 5) is 0. The largest absolute Gasteiger partial charge is 0.496 e. The van der Waals surface area contributed by atoms with Crippen LogP contribution in [0.3, 0.4) is 0 Å². The van der Waals surface area contributed by atoms with Crippen molar-refractivity contribution in [3.63, 3.8) is 0 Å². The highest BCUT2D eigenvalue weighted by molar-refractivity contribution is 7.99. The Morgan fingerprint density at radius 1 is 1.56 bits per heavy atom. The fourth-order valence-electron chi connectivity index (χ4n) is 2.09. The Morgan fingerprint density at radius 2 is 2.39 bits per heavy atom. The first kappa shape index (κ1) is 13.3. The van der Waals surface area contributed by atoms with Crippen molar-refractivity contribution >= 4 is 11.8 Å². The maximum Gasteiger partial charge on any atom is 0.122 e. The molecule has 0 aromatic heterocycles. The Labute approximate surface area is 112 Å². The summed E-state index contributed by atoms with van der Waals surface area (Å²) in [6.45, 7) is 2.97. The van der Waals surface area contributed by atoms with Crippen molar-refractivity contribution in [2.24, 2.45) is 0 Å². The Bertz CT molecular complexity index is 456. The average Bonchev–Trinajstić information content (AvgIpc) is 2.81. The molecule has 18 heavy (non-hydrogen) atoms. The van der Waals surface area contributed by atoms with Crippen LogP contribution in [0.2, 0.25) is 0 Å². The van der Waals surface area contributed by atoms with Crippen LogP contribution >= 0.6 is 11.8 Å². The summed E-state index contributed by atoms with van der Waals surface area (Å²) in [6.07, 6.45) is 1.42. The van der Waals surface area contributed by atoms with E-state index in [2.05, 4.69) is 13.0 Å². The van der Waals surface area contributed by atoms with Crippen molar-refractivity contribution < 1.29 is 9.47 Å². The summed E-state index contributed by atoms with van der Waals surface area (Å²) in [5.41, 5.74) is 1.77. The van der Waals surface area contributed by atoms with E-state index >= 15 is 0 Å². The normalized spacial score (nSPS) is 22.7. The minimum absolute atomic E-state index is 0.320. The molecule has 1 fully saturated rings. The number of hydrogen-bond donors (Lipinski definition) is 0. The van der Waals surface area contributed by atoms with Gasteiger partial charge in [-0.05, 0) is 31.5 Å². The molecule has 0 spiro atoms. The molecular weight excluding hydrogens is 246 g/mol. The summed E-state index contributed by atoms with van der Waals surface area (Å²) in [6, 6.07) is 7.73. The van der Waals surface area contributed by atoms with Gasteiger partial charge in [-0.1, -0.05) is 0 Å². The fraction of sp³-hybridized carbons (Fsp3) is 0.500. The Hall–Kier alpha value is -1.18. The zero-order chi connectivity index (χ0) is 13.0. The van der Waals surface area contributed by atoms with Crippen molar-refractivity contribution in [1.29, 1.82) is 5.26 Å². The van der Waals surface area contributed by atoms with Crippen molar-refractivity contribution in [1.82, 2.24) is 0 Å². The quantitative estimate of drug-likeness (QED) is 0.837. The highest BCUT2D eigenvalue weighted by atomic mass is 32.2. The molecule has 0 saturated carbocycles. The van der Waals surface area contributed by atoms with Gasteiger partial charge >= 0.3 is 0 Å². The smallest absolute Gasteiger partial charge is 0.122 e. The monoisotopic (exact) mass is 263 g/mol. The molecule has 1 aliphatic heterocycles. The lowest BCUT2D eigenvalue weighted by atomic mass is 10.1. The first-order valence-electron chi connectivity index (χ1n) is 6.05. The van der Waals surface area contributed by atoms with Gasteiger partial charge in [0.05, 0.1) is 24.8 Å². The van der Waals surface area contributed by atoms with E-state index in [1.807, 2.05) is 23.9 Å². The van der Waals surface area contributed by atoms with Crippen LogP contribution in [0.1, 0.15) is 24.5 Å². The molecule has 0 radical (unpaired) electrons. The van der Waals surface area contributed by atoms with Crippen LogP contribution in [0.25, 0.3) is 0 Å². The van der Waals surface area contributed by atoms with Crippen molar-refractivity contribution in [3.05, 3.63) is 29.3 Å². The molecule has 2 rings (SSSR count). The number of methoxy groups -OCH3 is 1. The lowest BCUT2D eigenvalue weighted by Crippen LogP contribution is -2.13. The second-order valence-corrected chi connectivity index (χ2v) is 5.58. The number of benzene rings is 1. The molecule has 0 N–H and O–H groups in total. The number of nitriles is 1. The minimum atomic E-state index is 0.320. The van der Waals surface area contributed by atoms with E-state index in [1.54, 1.807) is 13.2 Å². The standard InChI is InChI=1S/C14H17NO2S/c1-10-14(5-6-17-10)18-9-12-7-11(8-15)3-4-13(12)16-2/h3-4,7,10,14H,5-6,9H2,1-2H3. The Morgan fingerprint density at radius 3 is 3.00 bits per heavy atom. The van der Waals surface area contributed by atoms with Gasteiger partial charge in [-0.3, -0.25) is 0 Å². The highest BCUT2D eigenvalue weighted by Crippen LogP contribution is 2.32. The summed E-state index contributed by atoms with van der Waals surface area (Å²) >= 11 is 1.88. The van der Waals surface area contributed by atoms with Crippen molar-refractivity contribution in [2.45, 2.75) is 30.5 Å².